The molecule has 1 aromatic carbocycles. The van der Waals surface area contributed by atoms with Gasteiger partial charge in [-0.3, -0.25) is 0 Å². The normalized spacial score (nSPS) is 13.2. The first kappa shape index (κ1) is 39.3. The predicted molar refractivity (Wildman–Crippen MR) is 208 cm³/mol. The summed E-state index contributed by atoms with van der Waals surface area (Å²) in [7, 11) is 0. The molecule has 0 fully saturated rings. The Hall–Kier alpha value is -1.10. The van der Waals surface area contributed by atoms with Crippen molar-refractivity contribution < 1.29 is 9.47 Å². The number of rotatable bonds is 31. The molecule has 2 atom stereocenters. The molecule has 2 heterocycles. The third-order valence-corrected chi connectivity index (χ3v) is 11.6. The zero-order valence-electron chi connectivity index (χ0n) is 30.3. The van der Waals surface area contributed by atoms with Gasteiger partial charge < -0.3 is 9.47 Å². The van der Waals surface area contributed by atoms with Gasteiger partial charge in [0.2, 0.25) is 0 Å². The van der Waals surface area contributed by atoms with Crippen molar-refractivity contribution in [2.45, 2.75) is 200 Å². The molecule has 3 rings (SSSR count). The highest BCUT2D eigenvalue weighted by Crippen LogP contribution is 2.37. The van der Waals surface area contributed by atoms with E-state index in [9.17, 15) is 0 Å². The van der Waals surface area contributed by atoms with E-state index in [1.54, 1.807) is 0 Å². The van der Waals surface area contributed by atoms with Crippen LogP contribution in [0.15, 0.2) is 29.6 Å². The third-order valence-electron chi connectivity index (χ3n) is 9.75. The number of thiophene rings is 2. The summed E-state index contributed by atoms with van der Waals surface area (Å²) in [4.78, 5) is 0. The molecular weight excluding hydrogens is 601 g/mol. The molecule has 2 unspecified atom stereocenters. The lowest BCUT2D eigenvalue weighted by Gasteiger charge is -2.21. The molecule has 0 aliphatic rings. The van der Waals surface area contributed by atoms with Gasteiger partial charge in [-0.05, 0) is 85.4 Å². The van der Waals surface area contributed by atoms with Crippen LogP contribution in [0.4, 0.5) is 0 Å². The fraction of sp³-hybridized carbons (Fsp3) is 0.762. The summed E-state index contributed by atoms with van der Waals surface area (Å²) in [5.41, 5.74) is 0. The molecule has 3 aromatic rings. The van der Waals surface area contributed by atoms with Crippen LogP contribution in [0.2, 0.25) is 0 Å². The van der Waals surface area contributed by atoms with Crippen LogP contribution in [0.1, 0.15) is 188 Å². The number of ether oxygens (including phenoxy) is 2. The van der Waals surface area contributed by atoms with Gasteiger partial charge in [-0.25, -0.2) is 0 Å². The van der Waals surface area contributed by atoms with Crippen molar-refractivity contribution in [1.29, 1.82) is 0 Å². The van der Waals surface area contributed by atoms with Crippen LogP contribution in [-0.2, 0) is 4.74 Å². The van der Waals surface area contributed by atoms with E-state index >= 15 is 0 Å². The molecule has 2 nitrogen and oxygen atoms in total. The maximum atomic E-state index is 6.78. The molecule has 0 saturated heterocycles. The number of hydrogen-bond acceptors (Lipinski definition) is 4. The minimum atomic E-state index is 0.312. The van der Waals surface area contributed by atoms with E-state index in [-0.39, 0.29) is 0 Å². The van der Waals surface area contributed by atoms with Crippen LogP contribution in [0.5, 0.6) is 5.06 Å². The average Bonchev–Trinajstić information content (AvgIpc) is 3.68. The van der Waals surface area contributed by atoms with Crippen molar-refractivity contribution in [3.63, 3.8) is 0 Å². The summed E-state index contributed by atoms with van der Waals surface area (Å²) in [6.07, 6.45) is 35.5. The summed E-state index contributed by atoms with van der Waals surface area (Å²) in [6, 6.07) is 9.22. The van der Waals surface area contributed by atoms with Crippen molar-refractivity contribution in [3.8, 4) is 5.06 Å². The Kier molecular flexibility index (Phi) is 22.1. The number of unbranched alkanes of at least 4 members (excludes halogenated alkanes) is 18. The SMILES string of the molecule is CCCCCCCCCCCCOC(CCC)CCCC(CCCCCCCCCCCC)Oc1cc2cc3sccc3cc2s1. The average molecular weight is 671 g/mol. The van der Waals surface area contributed by atoms with Gasteiger partial charge in [0.05, 0.1) is 12.2 Å². The molecule has 262 valence electrons. The fourth-order valence-electron chi connectivity index (χ4n) is 6.86. The molecule has 0 aliphatic heterocycles. The van der Waals surface area contributed by atoms with Crippen LogP contribution in [0.3, 0.4) is 0 Å². The van der Waals surface area contributed by atoms with Crippen LogP contribution >= 0.6 is 22.7 Å². The van der Waals surface area contributed by atoms with Crippen molar-refractivity contribution in [1.82, 2.24) is 0 Å². The second kappa shape index (κ2) is 25.9. The van der Waals surface area contributed by atoms with Gasteiger partial charge >= 0.3 is 0 Å². The lowest BCUT2D eigenvalue weighted by Crippen LogP contribution is -2.19. The molecule has 0 saturated carbocycles. The summed E-state index contributed by atoms with van der Waals surface area (Å²) >= 11 is 3.66. The lowest BCUT2D eigenvalue weighted by atomic mass is 10.0. The summed E-state index contributed by atoms with van der Waals surface area (Å²) in [6.45, 7) is 7.85. The summed E-state index contributed by atoms with van der Waals surface area (Å²) < 4.78 is 16.0. The van der Waals surface area contributed by atoms with E-state index in [2.05, 4.69) is 50.4 Å². The van der Waals surface area contributed by atoms with Gasteiger partial charge in [0.15, 0.2) is 5.06 Å². The molecule has 0 radical (unpaired) electrons. The predicted octanol–water partition coefficient (Wildman–Crippen LogP) is 15.5. The molecule has 0 aliphatic carbocycles. The highest BCUT2D eigenvalue weighted by Gasteiger charge is 2.16. The zero-order chi connectivity index (χ0) is 32.5. The molecule has 46 heavy (non-hydrogen) atoms. The van der Waals surface area contributed by atoms with Gasteiger partial charge in [-0.1, -0.05) is 154 Å². The minimum absolute atomic E-state index is 0.312. The molecule has 2 aromatic heterocycles. The van der Waals surface area contributed by atoms with E-state index in [0.717, 1.165) is 18.1 Å². The number of benzene rings is 1. The minimum Gasteiger partial charge on any atom is -0.481 e. The first-order valence-electron chi connectivity index (χ1n) is 19.9. The first-order chi connectivity index (χ1) is 22.7. The smallest absolute Gasteiger partial charge is 0.175 e. The monoisotopic (exact) mass is 670 g/mol. The second-order valence-electron chi connectivity index (χ2n) is 14.0. The highest BCUT2D eigenvalue weighted by molar-refractivity contribution is 7.21. The van der Waals surface area contributed by atoms with Crippen molar-refractivity contribution >= 4 is 42.8 Å². The lowest BCUT2D eigenvalue weighted by molar-refractivity contribution is 0.0348. The van der Waals surface area contributed by atoms with Crippen LogP contribution in [0, 0.1) is 0 Å². The van der Waals surface area contributed by atoms with Gasteiger partial charge in [0, 0.05) is 16.0 Å². The first-order valence-corrected chi connectivity index (χ1v) is 21.6. The summed E-state index contributed by atoms with van der Waals surface area (Å²) in [5.74, 6) is 0. The van der Waals surface area contributed by atoms with Gasteiger partial charge in [0.1, 0.15) is 0 Å². The molecule has 0 spiro atoms. The van der Waals surface area contributed by atoms with Gasteiger partial charge in [-0.2, -0.15) is 0 Å². The topological polar surface area (TPSA) is 18.5 Å². The van der Waals surface area contributed by atoms with Crippen molar-refractivity contribution in [2.24, 2.45) is 0 Å². The Morgan fingerprint density at radius 1 is 0.500 bits per heavy atom. The maximum absolute atomic E-state index is 6.78. The van der Waals surface area contributed by atoms with Gasteiger partial charge in [-0.15, -0.1) is 11.3 Å². The Balaban J connectivity index is 1.39. The highest BCUT2D eigenvalue weighted by atomic mass is 32.1. The van der Waals surface area contributed by atoms with Crippen LogP contribution in [0.25, 0.3) is 20.2 Å². The Bertz CT molecular complexity index is 1070. The molecular formula is C42H70O2S2. The van der Waals surface area contributed by atoms with E-state index < -0.39 is 0 Å². The van der Waals surface area contributed by atoms with E-state index in [0.29, 0.717) is 12.2 Å². The van der Waals surface area contributed by atoms with E-state index in [1.807, 2.05) is 22.7 Å². The molecule has 0 bridgehead atoms. The fourth-order valence-corrected chi connectivity index (χ4v) is 8.69. The van der Waals surface area contributed by atoms with Crippen LogP contribution < -0.4 is 4.74 Å². The summed E-state index contributed by atoms with van der Waals surface area (Å²) in [5, 5.41) is 5.98. The quantitative estimate of drug-likeness (QED) is 0.0634. The Morgan fingerprint density at radius 2 is 1.04 bits per heavy atom. The van der Waals surface area contributed by atoms with E-state index in [1.165, 1.54) is 181 Å². The number of hydrogen-bond donors (Lipinski definition) is 0. The molecule has 0 amide bonds. The molecule has 0 N–H and O–H groups in total. The Labute approximate surface area is 292 Å². The van der Waals surface area contributed by atoms with Gasteiger partial charge in [0.25, 0.3) is 0 Å². The zero-order valence-corrected chi connectivity index (χ0v) is 31.9. The van der Waals surface area contributed by atoms with Crippen LogP contribution in [-0.4, -0.2) is 18.8 Å². The largest absolute Gasteiger partial charge is 0.481 e. The van der Waals surface area contributed by atoms with Crippen molar-refractivity contribution in [2.75, 3.05) is 6.61 Å². The molecule has 4 heteroatoms. The Morgan fingerprint density at radius 3 is 1.67 bits per heavy atom. The number of fused-ring (bicyclic) bond motifs is 2. The second-order valence-corrected chi connectivity index (χ2v) is 16.0. The van der Waals surface area contributed by atoms with Crippen molar-refractivity contribution in [3.05, 3.63) is 29.6 Å². The maximum Gasteiger partial charge on any atom is 0.175 e. The standard InChI is InChI=1S/C42H70O2S2/c1-4-7-9-11-13-15-17-19-21-23-27-39(44-42-35-37-34-40-36(30-32-45-40)33-41(37)46-42)29-25-28-38(26-6-3)43-31-24-22-20-18-16-14-12-10-8-5-2/h30,32-35,38-39H,4-29,31H2,1-3H3. The third kappa shape index (κ3) is 16.8. The van der Waals surface area contributed by atoms with E-state index in [4.69, 9.17) is 9.47 Å².